The van der Waals surface area contributed by atoms with Crippen molar-refractivity contribution in [2.24, 2.45) is 29.2 Å². The number of halogens is 1. The van der Waals surface area contributed by atoms with E-state index in [9.17, 15) is 18.9 Å². The van der Waals surface area contributed by atoms with E-state index in [1.165, 1.54) is 29.1 Å². The maximum absolute atomic E-state index is 14.7. The van der Waals surface area contributed by atoms with Gasteiger partial charge in [-0.05, 0) is 112 Å². The second kappa shape index (κ2) is 15.9. The lowest BCUT2D eigenvalue weighted by atomic mass is 9.64. The second-order valence-electron chi connectivity index (χ2n) is 16.2. The molecular weight excluding hydrogens is 752 g/mol. The molecule has 2 aromatic carbocycles. The first-order valence-corrected chi connectivity index (χ1v) is 21.3. The van der Waals surface area contributed by atoms with Gasteiger partial charge in [-0.1, -0.05) is 42.5 Å². The molecule has 4 aliphatic rings. The van der Waals surface area contributed by atoms with Crippen LogP contribution in [-0.2, 0) is 28.8 Å². The summed E-state index contributed by atoms with van der Waals surface area (Å²) in [6.45, 7) is 4.02. The number of nitrogens with zero attached hydrogens (tertiary/aromatic N) is 5. The Morgan fingerprint density at radius 1 is 1.23 bits per heavy atom. The highest BCUT2D eigenvalue weighted by atomic mass is 35.5. The van der Waals surface area contributed by atoms with E-state index in [2.05, 4.69) is 43.1 Å². The molecule has 6 atom stereocenters. The van der Waals surface area contributed by atoms with Gasteiger partial charge in [-0.3, -0.25) is 23.9 Å². The molecule has 2 amide bonds. The van der Waals surface area contributed by atoms with Gasteiger partial charge in [0, 0.05) is 48.3 Å². The molecule has 12 nitrogen and oxygen atoms in total. The minimum Gasteiger partial charge on any atom is -0.490 e. The molecule has 2 N–H and O–H groups in total. The van der Waals surface area contributed by atoms with Crippen molar-refractivity contribution in [3.8, 4) is 23.5 Å². The van der Waals surface area contributed by atoms with Crippen molar-refractivity contribution in [2.75, 3.05) is 58.1 Å². The number of benzene rings is 2. The summed E-state index contributed by atoms with van der Waals surface area (Å²) in [5.74, 6) is 5.20. The molecule has 14 heteroatoms. The lowest BCUT2D eigenvalue weighted by Crippen LogP contribution is -2.52. The molecular formula is C42H51ClN6O6S. The fourth-order valence-electron chi connectivity index (χ4n) is 8.69. The van der Waals surface area contributed by atoms with Crippen molar-refractivity contribution < 1.29 is 28.4 Å². The number of amides is 2. The number of nitrogens with one attached hydrogen (secondary N) is 1. The van der Waals surface area contributed by atoms with Gasteiger partial charge in [0.15, 0.2) is 0 Å². The van der Waals surface area contributed by atoms with E-state index in [1.807, 2.05) is 38.1 Å². The summed E-state index contributed by atoms with van der Waals surface area (Å²) < 4.78 is 34.9. The number of aliphatic hydroxyl groups is 1. The van der Waals surface area contributed by atoms with Crippen LogP contribution >= 0.6 is 11.6 Å². The van der Waals surface area contributed by atoms with Gasteiger partial charge in [-0.25, -0.2) is 4.21 Å². The Bertz CT molecular complexity index is 2240. The van der Waals surface area contributed by atoms with E-state index in [0.29, 0.717) is 43.4 Å². The first-order valence-electron chi connectivity index (χ1n) is 19.2. The van der Waals surface area contributed by atoms with Crippen LogP contribution in [0.25, 0.3) is 0 Å². The number of anilines is 1. The number of methoxy groups -OCH3 is 1. The summed E-state index contributed by atoms with van der Waals surface area (Å²) in [5.41, 5.74) is 1.69. The Kier molecular flexibility index (Phi) is 11.3. The topological polar surface area (TPSA) is 139 Å². The van der Waals surface area contributed by atoms with Crippen LogP contribution in [0.1, 0.15) is 70.9 Å². The predicted octanol–water partition coefficient (Wildman–Crippen LogP) is 5.43. The maximum Gasteiger partial charge on any atom is 0.286 e. The average Bonchev–Trinajstić information content (AvgIpc) is 3.44. The molecule has 0 saturated heterocycles. The standard InChI is InChI=1S/C42H51ClN6O6S/c1-28-9-6-18-42(52,19-8-20-47(2)3)35-14-11-31(35)23-49-26-41(17-7-10-29-21-32(43)13-15-34(29)41)27-55-37-16-12-30(22-36(37)49)38(50)45-56(53,25-28)46-39(51)33-24-48(4)44-40(33)54-5/h6,12-13,15-16,18,21-22,24,28,31,35,52H,7,9-11,14,17,20,23,25-27H2,1-5H3,(H,45,46,50,51,53)/b18-6-/t28-,31-,35+,41-,42+,56-/m0/s1. The van der Waals surface area contributed by atoms with Gasteiger partial charge in [-0.2, -0.15) is 0 Å². The van der Waals surface area contributed by atoms with E-state index < -0.39 is 27.3 Å². The van der Waals surface area contributed by atoms with Gasteiger partial charge in [0.1, 0.15) is 26.8 Å². The van der Waals surface area contributed by atoms with E-state index in [-0.39, 0.29) is 45.9 Å². The fraction of sp³-hybridized carbons (Fsp3) is 0.500. The summed E-state index contributed by atoms with van der Waals surface area (Å²) in [5, 5.41) is 17.3. The molecule has 2 aliphatic carbocycles. The Labute approximate surface area is 334 Å². The largest absolute Gasteiger partial charge is 0.490 e. The third-order valence-electron chi connectivity index (χ3n) is 11.5. The number of fused-ring (bicyclic) bond motifs is 4. The highest BCUT2D eigenvalue weighted by molar-refractivity contribution is 7.92. The van der Waals surface area contributed by atoms with E-state index in [0.717, 1.165) is 37.8 Å². The number of hydrogen-bond acceptors (Lipinski definition) is 9. The molecule has 2 bridgehead atoms. The molecule has 298 valence electrons. The molecule has 0 unspecified atom stereocenters. The normalized spacial score (nSPS) is 29.3. The third kappa shape index (κ3) is 8.21. The molecule has 3 heterocycles. The summed E-state index contributed by atoms with van der Waals surface area (Å²) >= 11 is 6.48. The van der Waals surface area contributed by atoms with E-state index in [1.54, 1.807) is 31.3 Å². The number of ether oxygens (including phenoxy) is 2. The summed E-state index contributed by atoms with van der Waals surface area (Å²) in [7, 11) is 3.22. The Hall–Kier alpha value is -4.35. The van der Waals surface area contributed by atoms with Gasteiger partial charge >= 0.3 is 0 Å². The molecule has 56 heavy (non-hydrogen) atoms. The van der Waals surface area contributed by atoms with Crippen LogP contribution in [0.3, 0.4) is 0 Å². The van der Waals surface area contributed by atoms with Crippen molar-refractivity contribution in [1.29, 1.82) is 0 Å². The quantitative estimate of drug-likeness (QED) is 0.262. The molecule has 1 saturated carbocycles. The lowest BCUT2D eigenvalue weighted by Gasteiger charge is -2.47. The summed E-state index contributed by atoms with van der Waals surface area (Å²) in [6.07, 6.45) is 10.1. The number of carbonyl (C=O) groups is 2. The molecule has 1 aromatic heterocycles. The zero-order valence-corrected chi connectivity index (χ0v) is 34.3. The molecule has 7 rings (SSSR count). The molecule has 0 radical (unpaired) electrons. The van der Waals surface area contributed by atoms with Crippen molar-refractivity contribution in [1.82, 2.24) is 19.4 Å². The number of aromatic nitrogens is 2. The van der Waals surface area contributed by atoms with Crippen molar-refractivity contribution in [3.05, 3.63) is 82.0 Å². The minimum absolute atomic E-state index is 0.0553. The molecule has 2 aliphatic heterocycles. The van der Waals surface area contributed by atoms with Gasteiger partial charge < -0.3 is 19.5 Å². The number of carbonyl (C=O) groups excluding carboxylic acids is 2. The second-order valence-corrected chi connectivity index (χ2v) is 18.6. The molecule has 1 spiro atoms. The van der Waals surface area contributed by atoms with Crippen molar-refractivity contribution in [2.45, 2.75) is 56.5 Å². The summed E-state index contributed by atoms with van der Waals surface area (Å²) in [6, 6.07) is 11.3. The monoisotopic (exact) mass is 802 g/mol. The first kappa shape index (κ1) is 39.9. The SMILES string of the molecule is COc1nn(C)cc1C(=O)N[S@@]1(=O)=NC(=O)c2ccc3c(c2)N(C[C@@H]2CC[C@H]2[C@](O)(C#CCN(C)C)/C=C\C[C@H](C)C1)C[C@@]1(CCCc2cc(Cl)ccc21)CO3. The lowest BCUT2D eigenvalue weighted by molar-refractivity contribution is -0.00326. The number of allylic oxidation sites excluding steroid dienone is 1. The van der Waals surface area contributed by atoms with Crippen LogP contribution in [0.15, 0.2) is 59.1 Å². The van der Waals surface area contributed by atoms with Crippen LogP contribution in [0, 0.1) is 29.6 Å². The Balaban J connectivity index is 1.34. The van der Waals surface area contributed by atoms with Gasteiger partial charge in [-0.15, -0.1) is 9.46 Å². The average molecular weight is 803 g/mol. The first-order chi connectivity index (χ1) is 26.7. The summed E-state index contributed by atoms with van der Waals surface area (Å²) in [4.78, 5) is 32.0. The zero-order chi connectivity index (χ0) is 39.8. The third-order valence-corrected chi connectivity index (χ3v) is 13.8. The van der Waals surface area contributed by atoms with Crippen LogP contribution in [0.5, 0.6) is 11.6 Å². The van der Waals surface area contributed by atoms with Gasteiger partial charge in [0.2, 0.25) is 5.88 Å². The number of hydrogen-bond donors (Lipinski definition) is 2. The number of rotatable bonds is 4. The van der Waals surface area contributed by atoms with Crippen LogP contribution in [0.2, 0.25) is 5.02 Å². The smallest absolute Gasteiger partial charge is 0.286 e. The number of aryl methyl sites for hydroxylation is 2. The zero-order valence-electron chi connectivity index (χ0n) is 32.7. The van der Waals surface area contributed by atoms with E-state index in [4.69, 9.17) is 21.1 Å². The Morgan fingerprint density at radius 2 is 2.05 bits per heavy atom. The van der Waals surface area contributed by atoms with Crippen LogP contribution < -0.4 is 19.1 Å². The van der Waals surface area contributed by atoms with Crippen molar-refractivity contribution >= 4 is 39.0 Å². The van der Waals surface area contributed by atoms with E-state index >= 15 is 0 Å². The highest BCUT2D eigenvalue weighted by Crippen LogP contribution is 2.48. The minimum atomic E-state index is -3.69. The van der Waals surface area contributed by atoms with Crippen LogP contribution in [-0.4, -0.2) is 94.6 Å². The van der Waals surface area contributed by atoms with Crippen molar-refractivity contribution in [3.63, 3.8) is 0 Å². The van der Waals surface area contributed by atoms with Crippen LogP contribution in [0.4, 0.5) is 5.69 Å². The molecule has 3 aromatic rings. The maximum atomic E-state index is 14.7. The highest BCUT2D eigenvalue weighted by Gasteiger charge is 2.47. The predicted molar refractivity (Wildman–Crippen MR) is 218 cm³/mol. The van der Waals surface area contributed by atoms with Gasteiger partial charge in [0.25, 0.3) is 11.8 Å². The van der Waals surface area contributed by atoms with Gasteiger partial charge in [0.05, 0.1) is 31.7 Å². The Morgan fingerprint density at radius 3 is 2.80 bits per heavy atom. The fourth-order valence-corrected chi connectivity index (χ4v) is 10.8. The molecule has 1 fully saturated rings.